The Morgan fingerprint density at radius 3 is 2.65 bits per heavy atom. The lowest BCUT2D eigenvalue weighted by atomic mass is 10.3. The third kappa shape index (κ3) is 1.70. The molecule has 0 saturated heterocycles. The fourth-order valence-corrected chi connectivity index (χ4v) is 2.65. The molecule has 7 heteroatoms. The summed E-state index contributed by atoms with van der Waals surface area (Å²) < 4.78 is 8.99. The van der Waals surface area contributed by atoms with Crippen LogP contribution >= 0.6 is 0 Å². The van der Waals surface area contributed by atoms with E-state index in [1.54, 1.807) is 27.9 Å². The van der Waals surface area contributed by atoms with Crippen LogP contribution in [-0.2, 0) is 0 Å². The standard InChI is InChI=1S/C16H10N6O/c1-2-5-11(6-3-1)22-14-12(9-18-22)15-19-20-16(21(15)10-17-14)13-7-4-8-23-13/h1-10H. The fourth-order valence-electron chi connectivity index (χ4n) is 2.65. The van der Waals surface area contributed by atoms with Crippen molar-refractivity contribution in [3.05, 3.63) is 61.3 Å². The van der Waals surface area contributed by atoms with Crippen LogP contribution < -0.4 is 0 Å². The van der Waals surface area contributed by atoms with Crippen LogP contribution in [0, 0.1) is 0 Å². The second kappa shape index (κ2) is 4.51. The van der Waals surface area contributed by atoms with Gasteiger partial charge >= 0.3 is 0 Å². The van der Waals surface area contributed by atoms with E-state index in [-0.39, 0.29) is 0 Å². The van der Waals surface area contributed by atoms with Gasteiger partial charge in [0.2, 0.25) is 5.82 Å². The van der Waals surface area contributed by atoms with Crippen molar-refractivity contribution < 1.29 is 4.42 Å². The second-order valence-corrected chi connectivity index (χ2v) is 5.07. The van der Waals surface area contributed by atoms with Gasteiger partial charge in [-0.3, -0.25) is 4.40 Å². The normalized spacial score (nSPS) is 11.5. The zero-order valence-electron chi connectivity index (χ0n) is 11.9. The van der Waals surface area contributed by atoms with Gasteiger partial charge in [0.1, 0.15) is 6.33 Å². The third-order valence-electron chi connectivity index (χ3n) is 3.72. The lowest BCUT2D eigenvalue weighted by Gasteiger charge is -2.02. The number of benzene rings is 1. The molecular weight excluding hydrogens is 292 g/mol. The maximum atomic E-state index is 5.40. The molecule has 0 unspecified atom stereocenters. The van der Waals surface area contributed by atoms with Crippen LogP contribution in [0.15, 0.2) is 65.7 Å². The molecule has 5 rings (SSSR count). The third-order valence-corrected chi connectivity index (χ3v) is 3.72. The maximum absolute atomic E-state index is 5.40. The first kappa shape index (κ1) is 12.1. The van der Waals surface area contributed by atoms with E-state index in [9.17, 15) is 0 Å². The van der Waals surface area contributed by atoms with Gasteiger partial charge in [-0.15, -0.1) is 10.2 Å². The van der Waals surface area contributed by atoms with Crippen molar-refractivity contribution in [1.82, 2.24) is 29.4 Å². The minimum absolute atomic E-state index is 0.617. The van der Waals surface area contributed by atoms with Gasteiger partial charge in [0, 0.05) is 0 Å². The number of nitrogens with zero attached hydrogens (tertiary/aromatic N) is 6. The number of furan rings is 1. The van der Waals surface area contributed by atoms with Crippen molar-refractivity contribution in [2.24, 2.45) is 0 Å². The van der Waals surface area contributed by atoms with Gasteiger partial charge in [0.25, 0.3) is 0 Å². The minimum atomic E-state index is 0.617. The molecule has 0 saturated carbocycles. The first-order valence-electron chi connectivity index (χ1n) is 7.08. The Balaban J connectivity index is 1.78. The van der Waals surface area contributed by atoms with Gasteiger partial charge in [0.05, 0.1) is 23.5 Å². The summed E-state index contributed by atoms with van der Waals surface area (Å²) in [4.78, 5) is 4.53. The van der Waals surface area contributed by atoms with E-state index in [1.165, 1.54) is 0 Å². The fraction of sp³-hybridized carbons (Fsp3) is 0. The first-order valence-corrected chi connectivity index (χ1v) is 7.08. The summed E-state index contributed by atoms with van der Waals surface area (Å²) in [5, 5.41) is 13.8. The Hall–Kier alpha value is -3.48. The molecular formula is C16H10N6O. The maximum Gasteiger partial charge on any atom is 0.205 e. The Morgan fingerprint density at radius 2 is 1.83 bits per heavy atom. The Bertz CT molecular complexity index is 1110. The smallest absolute Gasteiger partial charge is 0.205 e. The van der Waals surface area contributed by atoms with Gasteiger partial charge in [-0.05, 0) is 24.3 Å². The Labute approximate surface area is 129 Å². The van der Waals surface area contributed by atoms with Crippen molar-refractivity contribution in [2.75, 3.05) is 0 Å². The highest BCUT2D eigenvalue weighted by Gasteiger charge is 2.16. The molecule has 0 fully saturated rings. The summed E-state index contributed by atoms with van der Waals surface area (Å²) in [5.41, 5.74) is 2.38. The number of fused-ring (bicyclic) bond motifs is 3. The summed E-state index contributed by atoms with van der Waals surface area (Å²) in [6.45, 7) is 0. The topological polar surface area (TPSA) is 74.0 Å². The van der Waals surface area contributed by atoms with Gasteiger partial charge in [-0.2, -0.15) is 5.10 Å². The average molecular weight is 302 g/mol. The molecule has 0 amide bonds. The summed E-state index contributed by atoms with van der Waals surface area (Å²) in [7, 11) is 0. The van der Waals surface area contributed by atoms with E-state index >= 15 is 0 Å². The summed E-state index contributed by atoms with van der Waals surface area (Å²) in [5.74, 6) is 1.26. The molecule has 5 aromatic rings. The van der Waals surface area contributed by atoms with Gasteiger partial charge < -0.3 is 4.42 Å². The molecule has 0 spiro atoms. The highest BCUT2D eigenvalue weighted by molar-refractivity contribution is 5.90. The molecule has 1 aromatic carbocycles. The number of para-hydroxylation sites is 1. The van der Waals surface area contributed by atoms with Crippen LogP contribution in [0.2, 0.25) is 0 Å². The molecule has 0 aliphatic carbocycles. The van der Waals surface area contributed by atoms with Crippen molar-refractivity contribution in [3.63, 3.8) is 0 Å². The van der Waals surface area contributed by atoms with Crippen LogP contribution in [0.3, 0.4) is 0 Å². The summed E-state index contributed by atoms with van der Waals surface area (Å²) in [6, 6.07) is 13.5. The van der Waals surface area contributed by atoms with Crippen LogP contribution in [0.4, 0.5) is 0 Å². The van der Waals surface area contributed by atoms with E-state index < -0.39 is 0 Å². The van der Waals surface area contributed by atoms with Crippen LogP contribution in [0.1, 0.15) is 0 Å². The van der Waals surface area contributed by atoms with E-state index in [0.717, 1.165) is 16.7 Å². The zero-order valence-corrected chi connectivity index (χ0v) is 11.9. The van der Waals surface area contributed by atoms with Crippen LogP contribution in [0.25, 0.3) is 34.0 Å². The SMILES string of the molecule is c1ccc(-n2ncc3c2ncn2c(-c4ccco4)nnc32)cc1. The van der Waals surface area contributed by atoms with Gasteiger partial charge in [-0.25, -0.2) is 9.67 Å². The number of hydrogen-bond donors (Lipinski definition) is 0. The second-order valence-electron chi connectivity index (χ2n) is 5.07. The van der Waals surface area contributed by atoms with E-state index in [2.05, 4.69) is 20.3 Å². The predicted molar refractivity (Wildman–Crippen MR) is 83.1 cm³/mol. The molecule has 7 nitrogen and oxygen atoms in total. The average Bonchev–Trinajstić information content (AvgIpc) is 3.33. The van der Waals surface area contributed by atoms with Gasteiger partial charge in [-0.1, -0.05) is 18.2 Å². The predicted octanol–water partition coefficient (Wildman–Crippen LogP) is 2.72. The monoisotopic (exact) mass is 302 g/mol. The van der Waals surface area contributed by atoms with Crippen molar-refractivity contribution in [3.8, 4) is 17.3 Å². The molecule has 4 heterocycles. The van der Waals surface area contributed by atoms with Crippen molar-refractivity contribution >= 4 is 16.7 Å². The lowest BCUT2D eigenvalue weighted by Crippen LogP contribution is -1.98. The molecule has 0 aliphatic heterocycles. The molecule has 0 bridgehead atoms. The molecule has 0 aliphatic rings. The van der Waals surface area contributed by atoms with E-state index in [1.807, 2.05) is 42.5 Å². The minimum Gasteiger partial charge on any atom is -0.461 e. The molecule has 110 valence electrons. The van der Waals surface area contributed by atoms with Crippen molar-refractivity contribution in [1.29, 1.82) is 0 Å². The Morgan fingerprint density at radius 1 is 0.913 bits per heavy atom. The lowest BCUT2D eigenvalue weighted by molar-refractivity contribution is 0.576. The highest BCUT2D eigenvalue weighted by atomic mass is 16.3. The van der Waals surface area contributed by atoms with Gasteiger partial charge in [0.15, 0.2) is 17.1 Å². The number of aromatic nitrogens is 6. The van der Waals surface area contributed by atoms with Crippen LogP contribution in [-0.4, -0.2) is 29.4 Å². The van der Waals surface area contributed by atoms with Crippen molar-refractivity contribution in [2.45, 2.75) is 0 Å². The zero-order chi connectivity index (χ0) is 15.2. The number of hydrogen-bond acceptors (Lipinski definition) is 5. The summed E-state index contributed by atoms with van der Waals surface area (Å²) in [6.07, 6.45) is 5.05. The molecule has 4 aromatic heterocycles. The number of rotatable bonds is 2. The summed E-state index contributed by atoms with van der Waals surface area (Å²) >= 11 is 0. The molecule has 23 heavy (non-hydrogen) atoms. The molecule has 0 N–H and O–H groups in total. The molecule has 0 atom stereocenters. The van der Waals surface area contributed by atoms with E-state index in [4.69, 9.17) is 4.42 Å². The first-order chi connectivity index (χ1) is 11.4. The quantitative estimate of drug-likeness (QED) is 0.501. The van der Waals surface area contributed by atoms with E-state index in [0.29, 0.717) is 17.2 Å². The highest BCUT2D eigenvalue weighted by Crippen LogP contribution is 2.24. The molecule has 0 radical (unpaired) electrons. The largest absolute Gasteiger partial charge is 0.461 e. The Kier molecular flexibility index (Phi) is 2.37. The van der Waals surface area contributed by atoms with Crippen LogP contribution in [0.5, 0.6) is 0 Å².